The van der Waals surface area contributed by atoms with Crippen LogP contribution < -0.4 is 4.72 Å². The number of nitrogens with one attached hydrogen (secondary N) is 1. The average molecular weight is 334 g/mol. The molecule has 0 saturated heterocycles. The maximum atomic E-state index is 12.0. The van der Waals surface area contributed by atoms with Crippen molar-refractivity contribution in [2.24, 2.45) is 0 Å². The van der Waals surface area contributed by atoms with Crippen LogP contribution in [0.3, 0.4) is 0 Å². The van der Waals surface area contributed by atoms with Crippen molar-refractivity contribution in [1.82, 2.24) is 4.72 Å². The second-order valence-electron chi connectivity index (χ2n) is 4.81. The number of benzene rings is 1. The molecule has 0 amide bonds. The molecule has 18 heavy (non-hydrogen) atoms. The minimum absolute atomic E-state index is 0.0877. The van der Waals surface area contributed by atoms with Gasteiger partial charge in [-0.25, -0.2) is 13.1 Å². The van der Waals surface area contributed by atoms with Crippen LogP contribution in [0.2, 0.25) is 0 Å². The van der Waals surface area contributed by atoms with Gasteiger partial charge in [0.2, 0.25) is 10.0 Å². The third-order valence-corrected chi connectivity index (χ3v) is 5.60. The van der Waals surface area contributed by atoms with Gasteiger partial charge >= 0.3 is 0 Å². The molecule has 0 heterocycles. The van der Waals surface area contributed by atoms with Crippen LogP contribution in [0.1, 0.15) is 24.8 Å². The quantitative estimate of drug-likeness (QED) is 0.884. The van der Waals surface area contributed by atoms with Gasteiger partial charge < -0.3 is 5.11 Å². The Balaban J connectivity index is 2.12. The Morgan fingerprint density at radius 3 is 2.61 bits per heavy atom. The highest BCUT2D eigenvalue weighted by atomic mass is 79.9. The lowest BCUT2D eigenvalue weighted by molar-refractivity contribution is -0.0270. The molecule has 1 saturated carbocycles. The molecule has 6 heteroatoms. The summed E-state index contributed by atoms with van der Waals surface area (Å²) in [6.45, 7) is 1.92. The maximum Gasteiger partial charge on any atom is 0.240 e. The second kappa shape index (κ2) is 4.92. The Morgan fingerprint density at radius 1 is 1.44 bits per heavy atom. The summed E-state index contributed by atoms with van der Waals surface area (Å²) < 4.78 is 27.4. The number of sulfonamides is 1. The van der Waals surface area contributed by atoms with Crippen LogP contribution in [0.5, 0.6) is 0 Å². The zero-order chi connectivity index (χ0) is 13.4. The van der Waals surface area contributed by atoms with Crippen molar-refractivity contribution in [3.8, 4) is 0 Å². The second-order valence-corrected chi connectivity index (χ2v) is 7.43. The number of aliphatic hydroxyl groups is 1. The van der Waals surface area contributed by atoms with Crippen molar-refractivity contribution in [2.75, 3.05) is 6.54 Å². The van der Waals surface area contributed by atoms with Crippen molar-refractivity contribution in [3.63, 3.8) is 0 Å². The van der Waals surface area contributed by atoms with Gasteiger partial charge in [-0.15, -0.1) is 0 Å². The summed E-state index contributed by atoms with van der Waals surface area (Å²) in [5.74, 6) is 0. The van der Waals surface area contributed by atoms with Crippen LogP contribution in [-0.2, 0) is 10.0 Å². The summed E-state index contributed by atoms with van der Waals surface area (Å²) in [6.07, 6.45) is 2.28. The minimum Gasteiger partial charge on any atom is -0.389 e. The molecule has 1 aliphatic carbocycles. The Kier molecular flexibility index (Phi) is 3.82. The Hall–Kier alpha value is -0.430. The molecule has 2 N–H and O–H groups in total. The lowest BCUT2D eigenvalue weighted by Crippen LogP contribution is -2.47. The third-order valence-electron chi connectivity index (χ3n) is 3.32. The van der Waals surface area contributed by atoms with Crippen LogP contribution in [0.15, 0.2) is 27.6 Å². The van der Waals surface area contributed by atoms with Crippen LogP contribution in [0.4, 0.5) is 0 Å². The number of hydrogen-bond acceptors (Lipinski definition) is 3. The van der Waals surface area contributed by atoms with Crippen molar-refractivity contribution < 1.29 is 13.5 Å². The van der Waals surface area contributed by atoms with Crippen molar-refractivity contribution >= 4 is 26.0 Å². The van der Waals surface area contributed by atoms with Crippen molar-refractivity contribution in [3.05, 3.63) is 28.2 Å². The fraction of sp³-hybridized carbons (Fsp3) is 0.500. The Bertz CT molecular complexity index is 552. The fourth-order valence-corrected chi connectivity index (χ4v) is 3.31. The monoisotopic (exact) mass is 333 g/mol. The molecule has 0 aliphatic heterocycles. The van der Waals surface area contributed by atoms with Crippen LogP contribution in [0, 0.1) is 6.92 Å². The fourth-order valence-electron chi connectivity index (χ4n) is 1.86. The predicted octanol–water partition coefficient (Wildman–Crippen LogP) is 1.95. The molecule has 1 aromatic rings. The molecule has 2 rings (SSSR count). The topological polar surface area (TPSA) is 66.4 Å². The van der Waals surface area contributed by atoms with Crippen LogP contribution in [0.25, 0.3) is 0 Å². The first-order valence-electron chi connectivity index (χ1n) is 5.81. The molecular formula is C12H16BrNO3S. The predicted molar refractivity (Wildman–Crippen MR) is 72.9 cm³/mol. The van der Waals surface area contributed by atoms with E-state index in [1.807, 2.05) is 6.92 Å². The molecule has 1 aromatic carbocycles. The molecule has 0 bridgehead atoms. The summed E-state index contributed by atoms with van der Waals surface area (Å²) in [7, 11) is -3.54. The van der Waals surface area contributed by atoms with E-state index in [0.29, 0.717) is 12.8 Å². The molecule has 0 radical (unpaired) electrons. The first kappa shape index (κ1) is 14.0. The van der Waals surface area contributed by atoms with Gasteiger partial charge in [0, 0.05) is 11.0 Å². The van der Waals surface area contributed by atoms with Gasteiger partial charge in [0.05, 0.1) is 10.5 Å². The van der Waals surface area contributed by atoms with Gasteiger partial charge in [-0.3, -0.25) is 0 Å². The molecule has 0 atom stereocenters. The van der Waals surface area contributed by atoms with E-state index >= 15 is 0 Å². The summed E-state index contributed by atoms with van der Waals surface area (Å²) >= 11 is 3.33. The first-order chi connectivity index (χ1) is 8.32. The van der Waals surface area contributed by atoms with E-state index < -0.39 is 15.6 Å². The lowest BCUT2D eigenvalue weighted by Gasteiger charge is -2.36. The minimum atomic E-state index is -3.54. The zero-order valence-corrected chi connectivity index (χ0v) is 12.5. The normalized spacial score (nSPS) is 18.4. The molecular weight excluding hydrogens is 318 g/mol. The largest absolute Gasteiger partial charge is 0.389 e. The zero-order valence-electron chi connectivity index (χ0n) is 10.1. The highest BCUT2D eigenvalue weighted by molar-refractivity contribution is 9.10. The van der Waals surface area contributed by atoms with Crippen molar-refractivity contribution in [2.45, 2.75) is 36.7 Å². The van der Waals surface area contributed by atoms with E-state index in [0.717, 1.165) is 16.5 Å². The molecule has 100 valence electrons. The number of aryl methyl sites for hydroxylation is 1. The Labute approximate surface area is 116 Å². The standard InChI is InChI=1S/C12H16BrNO3S/c1-9-7-10(3-4-11(9)13)18(16,17)14-8-12(15)5-2-6-12/h3-4,7,14-15H,2,5-6,8H2,1H3. The molecule has 1 fully saturated rings. The SMILES string of the molecule is Cc1cc(S(=O)(=O)NCC2(O)CCC2)ccc1Br. The molecule has 0 spiro atoms. The summed E-state index contributed by atoms with van der Waals surface area (Å²) in [6, 6.07) is 4.86. The van der Waals surface area contributed by atoms with E-state index in [-0.39, 0.29) is 11.4 Å². The number of rotatable bonds is 4. The molecule has 0 unspecified atom stereocenters. The molecule has 1 aliphatic rings. The van der Waals surface area contributed by atoms with E-state index in [4.69, 9.17) is 0 Å². The summed E-state index contributed by atoms with van der Waals surface area (Å²) in [5, 5.41) is 9.88. The molecule has 4 nitrogen and oxygen atoms in total. The highest BCUT2D eigenvalue weighted by Gasteiger charge is 2.35. The van der Waals surface area contributed by atoms with Gasteiger partial charge in [-0.1, -0.05) is 15.9 Å². The van der Waals surface area contributed by atoms with Crippen LogP contribution in [-0.4, -0.2) is 25.7 Å². The highest BCUT2D eigenvalue weighted by Crippen LogP contribution is 2.31. The van der Waals surface area contributed by atoms with Gasteiger partial charge in [-0.05, 0) is 49.9 Å². The maximum absolute atomic E-state index is 12.0. The van der Waals surface area contributed by atoms with E-state index in [1.54, 1.807) is 18.2 Å². The van der Waals surface area contributed by atoms with E-state index in [2.05, 4.69) is 20.7 Å². The van der Waals surface area contributed by atoms with Gasteiger partial charge in [0.25, 0.3) is 0 Å². The summed E-state index contributed by atoms with van der Waals surface area (Å²) in [4.78, 5) is 0.228. The average Bonchev–Trinajstić information content (AvgIpc) is 2.27. The number of hydrogen-bond donors (Lipinski definition) is 2. The van der Waals surface area contributed by atoms with Gasteiger partial charge in [0.1, 0.15) is 0 Å². The van der Waals surface area contributed by atoms with E-state index in [9.17, 15) is 13.5 Å². The van der Waals surface area contributed by atoms with Gasteiger partial charge in [0.15, 0.2) is 0 Å². The lowest BCUT2D eigenvalue weighted by atomic mass is 9.81. The Morgan fingerprint density at radius 2 is 2.11 bits per heavy atom. The van der Waals surface area contributed by atoms with Gasteiger partial charge in [-0.2, -0.15) is 0 Å². The first-order valence-corrected chi connectivity index (χ1v) is 8.08. The smallest absolute Gasteiger partial charge is 0.240 e. The summed E-state index contributed by atoms with van der Waals surface area (Å²) in [5.41, 5.74) is 0.0116. The molecule has 0 aromatic heterocycles. The van der Waals surface area contributed by atoms with E-state index in [1.165, 1.54) is 0 Å². The number of halogens is 1. The van der Waals surface area contributed by atoms with Crippen LogP contribution >= 0.6 is 15.9 Å². The third kappa shape index (κ3) is 2.93. The van der Waals surface area contributed by atoms with Crippen molar-refractivity contribution in [1.29, 1.82) is 0 Å².